The van der Waals surface area contributed by atoms with Gasteiger partial charge in [0, 0.05) is 12.1 Å². The molecule has 2 aliphatic rings. The summed E-state index contributed by atoms with van der Waals surface area (Å²) in [5, 5.41) is 11.1. The molecule has 164 valence electrons. The summed E-state index contributed by atoms with van der Waals surface area (Å²) < 4.78 is 45.5. The van der Waals surface area contributed by atoms with E-state index in [2.05, 4.69) is 0 Å². The standard InChI is InChI=1S/C23H22F3NO4/c1-21(2,3)31-20(30)27-12-22(11-13-6-4-5-7-15(13)18(22)28)19(29)16-10-14(23(24,25)26)8-9-17(16)27/h4-10,18,28H,11-12H2,1-3H3/t18-,22-/m1/s1. The lowest BCUT2D eigenvalue weighted by molar-refractivity contribution is -0.137. The van der Waals surface area contributed by atoms with E-state index in [0.717, 1.165) is 28.7 Å². The van der Waals surface area contributed by atoms with Gasteiger partial charge in [0.25, 0.3) is 0 Å². The van der Waals surface area contributed by atoms with Crippen LogP contribution >= 0.6 is 0 Å². The van der Waals surface area contributed by atoms with Gasteiger partial charge < -0.3 is 9.84 Å². The van der Waals surface area contributed by atoms with E-state index in [1.807, 2.05) is 0 Å². The van der Waals surface area contributed by atoms with Crippen LogP contribution in [0.4, 0.5) is 23.7 Å². The lowest BCUT2D eigenvalue weighted by Gasteiger charge is -2.42. The minimum Gasteiger partial charge on any atom is -0.443 e. The Morgan fingerprint density at radius 1 is 1.16 bits per heavy atom. The van der Waals surface area contributed by atoms with E-state index in [1.165, 1.54) is 0 Å². The van der Waals surface area contributed by atoms with Gasteiger partial charge in [-0.25, -0.2) is 4.79 Å². The van der Waals surface area contributed by atoms with Crippen LogP contribution in [0, 0.1) is 5.41 Å². The van der Waals surface area contributed by atoms with Crippen molar-refractivity contribution in [2.24, 2.45) is 5.41 Å². The maximum Gasteiger partial charge on any atom is 0.416 e. The van der Waals surface area contributed by atoms with Gasteiger partial charge in [0.05, 0.1) is 22.8 Å². The zero-order valence-corrected chi connectivity index (χ0v) is 17.3. The van der Waals surface area contributed by atoms with Crippen LogP contribution in [0.25, 0.3) is 0 Å². The van der Waals surface area contributed by atoms with E-state index < -0.39 is 40.7 Å². The van der Waals surface area contributed by atoms with E-state index in [-0.39, 0.29) is 24.2 Å². The number of Topliss-reactive ketones (excluding diaryl/α,β-unsaturated/α-hetero) is 1. The highest BCUT2D eigenvalue weighted by Gasteiger charge is 2.56. The Labute approximate surface area is 177 Å². The summed E-state index contributed by atoms with van der Waals surface area (Å²) in [6.45, 7) is 4.81. The van der Waals surface area contributed by atoms with Crippen LogP contribution in [0.15, 0.2) is 42.5 Å². The molecule has 1 heterocycles. The minimum atomic E-state index is -4.66. The molecule has 1 aliphatic heterocycles. The number of carbonyl (C=O) groups is 2. The number of benzene rings is 2. The topological polar surface area (TPSA) is 66.8 Å². The molecule has 0 saturated heterocycles. The molecule has 0 fully saturated rings. The first-order chi connectivity index (χ1) is 14.3. The molecular formula is C23H22F3NO4. The van der Waals surface area contributed by atoms with Gasteiger partial charge >= 0.3 is 12.3 Å². The molecule has 2 atom stereocenters. The maximum atomic E-state index is 13.5. The number of fused-ring (bicyclic) bond motifs is 2. The first-order valence-corrected chi connectivity index (χ1v) is 9.86. The Morgan fingerprint density at radius 2 is 1.84 bits per heavy atom. The van der Waals surface area contributed by atoms with E-state index in [0.29, 0.717) is 5.56 Å². The predicted octanol–water partition coefficient (Wildman–Crippen LogP) is 4.92. The molecule has 1 spiro atoms. The highest BCUT2D eigenvalue weighted by molar-refractivity contribution is 6.11. The van der Waals surface area contributed by atoms with Crippen molar-refractivity contribution in [2.75, 3.05) is 11.4 Å². The summed E-state index contributed by atoms with van der Waals surface area (Å²) in [6.07, 6.45) is -6.60. The number of amides is 1. The van der Waals surface area contributed by atoms with Crippen LogP contribution in [-0.4, -0.2) is 29.1 Å². The normalized spacial score (nSPS) is 23.0. The highest BCUT2D eigenvalue weighted by atomic mass is 19.4. The smallest absolute Gasteiger partial charge is 0.416 e. The predicted molar refractivity (Wildman–Crippen MR) is 107 cm³/mol. The van der Waals surface area contributed by atoms with E-state index in [1.54, 1.807) is 45.0 Å². The molecule has 2 aromatic rings. The van der Waals surface area contributed by atoms with Crippen LogP contribution in [0.5, 0.6) is 0 Å². The number of rotatable bonds is 0. The summed E-state index contributed by atoms with van der Waals surface area (Å²) in [5.41, 5.74) is -2.28. The molecule has 1 aliphatic carbocycles. The van der Waals surface area contributed by atoms with Crippen molar-refractivity contribution >= 4 is 17.6 Å². The average molecular weight is 433 g/mol. The van der Waals surface area contributed by atoms with Crippen molar-refractivity contribution in [2.45, 2.75) is 45.1 Å². The SMILES string of the molecule is CC(C)(C)OC(=O)N1C[C@@]2(Cc3ccccc3[C@H]2O)C(=O)c2cc(C(F)(F)F)ccc21. The second kappa shape index (κ2) is 6.82. The average Bonchev–Trinajstić information content (AvgIpc) is 2.95. The van der Waals surface area contributed by atoms with Crippen molar-refractivity contribution in [1.82, 2.24) is 0 Å². The maximum absolute atomic E-state index is 13.5. The second-order valence-corrected chi connectivity index (χ2v) is 9.06. The van der Waals surface area contributed by atoms with Crippen LogP contribution in [0.1, 0.15) is 53.9 Å². The van der Waals surface area contributed by atoms with Crippen molar-refractivity contribution in [3.63, 3.8) is 0 Å². The molecule has 4 rings (SSSR count). The van der Waals surface area contributed by atoms with Gasteiger partial charge in [-0.3, -0.25) is 9.69 Å². The molecule has 5 nitrogen and oxygen atoms in total. The molecule has 0 saturated carbocycles. The molecule has 1 amide bonds. The number of hydrogen-bond donors (Lipinski definition) is 1. The quantitative estimate of drug-likeness (QED) is 0.641. The summed E-state index contributed by atoms with van der Waals surface area (Å²) in [6, 6.07) is 9.63. The third-order valence-corrected chi connectivity index (χ3v) is 5.74. The minimum absolute atomic E-state index is 0.0426. The molecule has 31 heavy (non-hydrogen) atoms. The summed E-state index contributed by atoms with van der Waals surface area (Å²) in [7, 11) is 0. The summed E-state index contributed by atoms with van der Waals surface area (Å²) >= 11 is 0. The largest absolute Gasteiger partial charge is 0.443 e. The van der Waals surface area contributed by atoms with E-state index in [4.69, 9.17) is 4.74 Å². The second-order valence-electron chi connectivity index (χ2n) is 9.06. The number of hydrogen-bond acceptors (Lipinski definition) is 4. The zero-order chi connectivity index (χ0) is 22.8. The summed E-state index contributed by atoms with van der Waals surface area (Å²) in [4.78, 5) is 27.7. The van der Waals surface area contributed by atoms with Gasteiger partial charge in [0.1, 0.15) is 5.60 Å². The fourth-order valence-electron chi connectivity index (χ4n) is 4.36. The van der Waals surface area contributed by atoms with Crippen molar-refractivity contribution in [1.29, 1.82) is 0 Å². The number of ketones is 1. The van der Waals surface area contributed by atoms with Gasteiger partial charge in [-0.1, -0.05) is 24.3 Å². The number of anilines is 1. The lowest BCUT2D eigenvalue weighted by atomic mass is 9.72. The monoisotopic (exact) mass is 433 g/mol. The van der Waals surface area contributed by atoms with Crippen LogP contribution < -0.4 is 4.90 Å². The molecule has 2 aromatic carbocycles. The van der Waals surface area contributed by atoms with Crippen molar-refractivity contribution in [3.8, 4) is 0 Å². The number of halogens is 3. The van der Waals surface area contributed by atoms with Crippen LogP contribution in [-0.2, 0) is 17.3 Å². The van der Waals surface area contributed by atoms with Gasteiger partial charge in [-0.15, -0.1) is 0 Å². The Balaban J connectivity index is 1.87. The molecule has 0 unspecified atom stereocenters. The third-order valence-electron chi connectivity index (χ3n) is 5.74. The number of nitrogens with zero attached hydrogens (tertiary/aromatic N) is 1. The highest BCUT2D eigenvalue weighted by Crippen LogP contribution is 2.52. The van der Waals surface area contributed by atoms with Gasteiger partial charge in [-0.05, 0) is 56.5 Å². The lowest BCUT2D eigenvalue weighted by Crippen LogP contribution is -2.53. The fraction of sp³-hybridized carbons (Fsp3) is 0.391. The number of aliphatic hydroxyl groups is 1. The van der Waals surface area contributed by atoms with E-state index >= 15 is 0 Å². The number of carbonyl (C=O) groups excluding carboxylic acids is 2. The van der Waals surface area contributed by atoms with Gasteiger partial charge in [-0.2, -0.15) is 13.2 Å². The molecule has 1 N–H and O–H groups in total. The Morgan fingerprint density at radius 3 is 2.45 bits per heavy atom. The Bertz CT molecular complexity index is 1070. The molecule has 0 bridgehead atoms. The number of alkyl halides is 3. The van der Waals surface area contributed by atoms with Gasteiger partial charge in [0.2, 0.25) is 0 Å². The van der Waals surface area contributed by atoms with Crippen molar-refractivity contribution < 1.29 is 32.6 Å². The molecule has 0 aromatic heterocycles. The van der Waals surface area contributed by atoms with Gasteiger partial charge in [0.15, 0.2) is 5.78 Å². The Kier molecular flexibility index (Phi) is 4.70. The molecule has 8 heteroatoms. The first kappa shape index (κ1) is 21.4. The summed E-state index contributed by atoms with van der Waals surface area (Å²) in [5.74, 6) is -0.614. The fourth-order valence-corrected chi connectivity index (χ4v) is 4.36. The number of aliphatic hydroxyl groups excluding tert-OH is 1. The first-order valence-electron chi connectivity index (χ1n) is 9.86. The van der Waals surface area contributed by atoms with E-state index in [9.17, 15) is 27.9 Å². The Hall–Kier alpha value is -2.87. The van der Waals surface area contributed by atoms with Crippen LogP contribution in [0.2, 0.25) is 0 Å². The molecular weight excluding hydrogens is 411 g/mol. The third kappa shape index (κ3) is 3.48. The van der Waals surface area contributed by atoms with Crippen molar-refractivity contribution in [3.05, 3.63) is 64.7 Å². The van der Waals surface area contributed by atoms with Crippen LogP contribution in [0.3, 0.4) is 0 Å². The molecule has 0 radical (unpaired) electrons. The zero-order valence-electron chi connectivity index (χ0n) is 17.3. The number of ether oxygens (including phenoxy) is 1.